The molecule has 2 rings (SSSR count). The molecule has 7 nitrogen and oxygen atoms in total. The Balaban J connectivity index is 2.35. The Morgan fingerprint density at radius 3 is 2.76 bits per heavy atom. The first-order valence-corrected chi connectivity index (χ1v) is 9.05. The topological polar surface area (TPSA) is 103 Å². The van der Waals surface area contributed by atoms with Gasteiger partial charge < -0.3 is 15.4 Å². The average molecular weight is 333 g/mol. The third-order valence-corrected chi connectivity index (χ3v) is 6.59. The van der Waals surface area contributed by atoms with E-state index < -0.39 is 9.84 Å². The van der Waals surface area contributed by atoms with Gasteiger partial charge in [0.1, 0.15) is 9.90 Å². The molecule has 0 saturated carbocycles. The van der Waals surface area contributed by atoms with Crippen molar-refractivity contribution in [3.8, 4) is 0 Å². The number of methoxy groups -OCH3 is 1. The van der Waals surface area contributed by atoms with Gasteiger partial charge in [-0.1, -0.05) is 13.8 Å². The first-order valence-electron chi connectivity index (χ1n) is 6.62. The van der Waals surface area contributed by atoms with E-state index in [1.165, 1.54) is 7.11 Å². The average Bonchev–Trinajstić information content (AvgIpc) is 3.01. The summed E-state index contributed by atoms with van der Waals surface area (Å²) >= 11 is 1.06. The molecule has 9 heteroatoms. The number of carbonyl (C=O) groups is 1. The number of nitrogens with zero attached hydrogens (tertiary/aromatic N) is 2. The Hall–Kier alpha value is -1.35. The number of carbonyl (C=O) groups excluding carboxylic acids is 1. The van der Waals surface area contributed by atoms with Gasteiger partial charge in [0.15, 0.2) is 15.7 Å². The van der Waals surface area contributed by atoms with E-state index in [2.05, 4.69) is 4.37 Å². The van der Waals surface area contributed by atoms with Crippen LogP contribution in [0, 0.1) is 11.8 Å². The van der Waals surface area contributed by atoms with Crippen molar-refractivity contribution in [2.45, 2.75) is 18.7 Å². The zero-order valence-electron chi connectivity index (χ0n) is 12.2. The van der Waals surface area contributed by atoms with Crippen LogP contribution in [0.25, 0.3) is 0 Å². The van der Waals surface area contributed by atoms with E-state index in [0.717, 1.165) is 11.5 Å². The van der Waals surface area contributed by atoms with Crippen LogP contribution in [0.15, 0.2) is 4.90 Å². The van der Waals surface area contributed by atoms with Crippen LogP contribution in [0.3, 0.4) is 0 Å². The molecule has 1 fully saturated rings. The Morgan fingerprint density at radius 1 is 1.52 bits per heavy atom. The maximum Gasteiger partial charge on any atom is 0.310 e. The minimum atomic E-state index is -3.45. The van der Waals surface area contributed by atoms with Gasteiger partial charge in [0.2, 0.25) is 0 Å². The van der Waals surface area contributed by atoms with Gasteiger partial charge >= 0.3 is 5.97 Å². The number of nitrogen functional groups attached to an aromatic ring is 1. The SMILES string of the molecule is CCS(=O)(=O)c1c(N)nsc1N1CC(C)C(C(=O)OC)C1. The molecule has 0 aliphatic carbocycles. The Labute approximate surface area is 128 Å². The number of anilines is 2. The van der Waals surface area contributed by atoms with Crippen LogP contribution in [0.1, 0.15) is 13.8 Å². The molecule has 2 N–H and O–H groups in total. The number of ether oxygens (including phenoxy) is 1. The van der Waals surface area contributed by atoms with Gasteiger partial charge in [-0.25, -0.2) is 8.42 Å². The summed E-state index contributed by atoms with van der Waals surface area (Å²) in [5.41, 5.74) is 5.73. The quantitative estimate of drug-likeness (QED) is 0.812. The molecule has 2 unspecified atom stereocenters. The van der Waals surface area contributed by atoms with Gasteiger partial charge in [0.25, 0.3) is 0 Å². The van der Waals surface area contributed by atoms with Crippen molar-refractivity contribution in [2.24, 2.45) is 11.8 Å². The van der Waals surface area contributed by atoms with E-state index in [0.29, 0.717) is 18.1 Å². The van der Waals surface area contributed by atoms with Gasteiger partial charge in [0.05, 0.1) is 18.8 Å². The van der Waals surface area contributed by atoms with Crippen LogP contribution >= 0.6 is 11.5 Å². The number of nitrogens with two attached hydrogens (primary N) is 1. The Kier molecular flexibility index (Phi) is 4.43. The summed E-state index contributed by atoms with van der Waals surface area (Å²) in [6, 6.07) is 0. The lowest BCUT2D eigenvalue weighted by Crippen LogP contribution is -2.24. The predicted molar refractivity (Wildman–Crippen MR) is 81.1 cm³/mol. The highest BCUT2D eigenvalue weighted by Gasteiger charge is 2.39. The fraction of sp³-hybridized carbons (Fsp3) is 0.667. The van der Waals surface area contributed by atoms with E-state index in [4.69, 9.17) is 10.5 Å². The standard InChI is InChI=1S/C12H19N3O4S2/c1-4-21(17,18)9-10(13)14-20-11(9)15-5-7(2)8(6-15)12(16)19-3/h7-8H,4-6H2,1-3H3,(H2,13,14). The summed E-state index contributed by atoms with van der Waals surface area (Å²) in [6.45, 7) is 4.51. The molecule has 0 bridgehead atoms. The Morgan fingerprint density at radius 2 is 2.19 bits per heavy atom. The molecule has 0 radical (unpaired) electrons. The number of hydrogen-bond acceptors (Lipinski definition) is 8. The van der Waals surface area contributed by atoms with Gasteiger partial charge in [-0.3, -0.25) is 4.79 Å². The first-order chi connectivity index (χ1) is 9.81. The highest BCUT2D eigenvalue weighted by molar-refractivity contribution is 7.91. The lowest BCUT2D eigenvalue weighted by Gasteiger charge is -2.17. The van der Waals surface area contributed by atoms with Crippen molar-refractivity contribution in [1.29, 1.82) is 0 Å². The summed E-state index contributed by atoms with van der Waals surface area (Å²) in [4.78, 5) is 13.7. The van der Waals surface area contributed by atoms with Crippen molar-refractivity contribution in [3.63, 3.8) is 0 Å². The minimum Gasteiger partial charge on any atom is -0.469 e. The van der Waals surface area contributed by atoms with Crippen LogP contribution in [-0.2, 0) is 19.4 Å². The van der Waals surface area contributed by atoms with Gasteiger partial charge in [0, 0.05) is 13.1 Å². The summed E-state index contributed by atoms with van der Waals surface area (Å²) in [6.07, 6.45) is 0. The second-order valence-corrected chi connectivity index (χ2v) is 8.08. The Bertz CT molecular complexity index is 641. The van der Waals surface area contributed by atoms with E-state index in [1.807, 2.05) is 11.8 Å². The van der Waals surface area contributed by atoms with Gasteiger partial charge in [-0.15, -0.1) is 0 Å². The second kappa shape index (κ2) is 5.80. The monoisotopic (exact) mass is 333 g/mol. The van der Waals surface area contributed by atoms with Crippen molar-refractivity contribution < 1.29 is 17.9 Å². The van der Waals surface area contributed by atoms with Crippen LogP contribution < -0.4 is 10.6 Å². The number of aromatic nitrogens is 1. The third-order valence-electron chi connectivity index (χ3n) is 3.75. The van der Waals surface area contributed by atoms with E-state index in [-0.39, 0.29) is 34.3 Å². The van der Waals surface area contributed by atoms with Gasteiger partial charge in [-0.05, 0) is 17.5 Å². The van der Waals surface area contributed by atoms with Crippen LogP contribution in [0.2, 0.25) is 0 Å². The predicted octanol–water partition coefficient (Wildman–Crippen LogP) is 0.764. The first kappa shape index (κ1) is 16.0. The highest BCUT2D eigenvalue weighted by Crippen LogP contribution is 2.39. The third kappa shape index (κ3) is 2.84. The zero-order valence-corrected chi connectivity index (χ0v) is 13.8. The van der Waals surface area contributed by atoms with E-state index >= 15 is 0 Å². The lowest BCUT2D eigenvalue weighted by molar-refractivity contribution is -0.145. The molecule has 1 aromatic rings. The maximum atomic E-state index is 12.2. The normalized spacial score (nSPS) is 22.5. The molecule has 1 aromatic heterocycles. The molecule has 0 amide bonds. The molecule has 118 valence electrons. The molecule has 1 aliphatic heterocycles. The van der Waals surface area contributed by atoms with Crippen LogP contribution in [-0.4, -0.2) is 44.7 Å². The number of rotatable bonds is 4. The number of esters is 1. The second-order valence-electron chi connectivity index (χ2n) is 5.12. The summed E-state index contributed by atoms with van der Waals surface area (Å²) in [5.74, 6) is -0.464. The van der Waals surface area contributed by atoms with Gasteiger partial charge in [-0.2, -0.15) is 4.37 Å². The lowest BCUT2D eigenvalue weighted by atomic mass is 9.99. The van der Waals surface area contributed by atoms with Crippen molar-refractivity contribution >= 4 is 38.2 Å². The molecular weight excluding hydrogens is 314 g/mol. The summed E-state index contributed by atoms with van der Waals surface area (Å²) in [7, 11) is -2.09. The molecule has 2 atom stereocenters. The van der Waals surface area contributed by atoms with Crippen molar-refractivity contribution in [2.75, 3.05) is 36.6 Å². The zero-order chi connectivity index (χ0) is 15.8. The van der Waals surface area contributed by atoms with Crippen LogP contribution in [0.4, 0.5) is 10.8 Å². The van der Waals surface area contributed by atoms with Crippen molar-refractivity contribution in [3.05, 3.63) is 0 Å². The highest BCUT2D eigenvalue weighted by atomic mass is 32.2. The number of sulfone groups is 1. The molecule has 21 heavy (non-hydrogen) atoms. The van der Waals surface area contributed by atoms with Crippen molar-refractivity contribution in [1.82, 2.24) is 4.37 Å². The molecule has 2 heterocycles. The molecule has 1 aliphatic rings. The molecular formula is C12H19N3O4S2. The fourth-order valence-electron chi connectivity index (χ4n) is 2.51. The minimum absolute atomic E-state index is 0.0334. The largest absolute Gasteiger partial charge is 0.469 e. The molecule has 1 saturated heterocycles. The molecule has 0 spiro atoms. The van der Waals surface area contributed by atoms with E-state index in [9.17, 15) is 13.2 Å². The number of hydrogen-bond donors (Lipinski definition) is 1. The summed E-state index contributed by atoms with van der Waals surface area (Å²) < 4.78 is 33.1. The maximum absolute atomic E-state index is 12.2. The molecule has 0 aromatic carbocycles. The van der Waals surface area contributed by atoms with E-state index in [1.54, 1.807) is 6.92 Å². The summed E-state index contributed by atoms with van der Waals surface area (Å²) in [5, 5.41) is 0.521. The van der Waals surface area contributed by atoms with Crippen LogP contribution in [0.5, 0.6) is 0 Å². The fourth-order valence-corrected chi connectivity index (χ4v) is 4.84. The smallest absolute Gasteiger partial charge is 0.310 e.